The van der Waals surface area contributed by atoms with Crippen LogP contribution in [0.2, 0.25) is 0 Å². The van der Waals surface area contributed by atoms with Crippen LogP contribution in [0.4, 0.5) is 4.39 Å². The van der Waals surface area contributed by atoms with E-state index in [2.05, 4.69) is 40.0 Å². The quantitative estimate of drug-likeness (QED) is 0.816. The van der Waals surface area contributed by atoms with Crippen LogP contribution >= 0.6 is 15.9 Å². The predicted molar refractivity (Wildman–Crippen MR) is 92.1 cm³/mol. The third-order valence-corrected chi connectivity index (χ3v) is 4.64. The van der Waals surface area contributed by atoms with Gasteiger partial charge < -0.3 is 10.1 Å². The van der Waals surface area contributed by atoms with Gasteiger partial charge >= 0.3 is 0 Å². The van der Waals surface area contributed by atoms with E-state index < -0.39 is 0 Å². The molecule has 1 heterocycles. The van der Waals surface area contributed by atoms with Crippen molar-refractivity contribution in [3.63, 3.8) is 0 Å². The summed E-state index contributed by atoms with van der Waals surface area (Å²) in [5, 5.41) is 2.99. The molecule has 1 atom stereocenters. The van der Waals surface area contributed by atoms with Gasteiger partial charge in [0.05, 0.1) is 18.8 Å². The number of rotatable bonds is 6. The lowest BCUT2D eigenvalue weighted by atomic mass is 10.0. The van der Waals surface area contributed by atoms with Gasteiger partial charge in [0.2, 0.25) is 0 Å². The van der Waals surface area contributed by atoms with E-state index >= 15 is 0 Å². The van der Waals surface area contributed by atoms with E-state index in [1.54, 1.807) is 0 Å². The van der Waals surface area contributed by atoms with Gasteiger partial charge in [-0.3, -0.25) is 9.69 Å². The predicted octanol–water partition coefficient (Wildman–Crippen LogP) is 3.06. The zero-order valence-electron chi connectivity index (χ0n) is 13.6. The molecule has 1 N–H and O–H groups in total. The highest BCUT2D eigenvalue weighted by atomic mass is 79.9. The molecule has 0 aromatic heterocycles. The average molecular weight is 387 g/mol. The van der Waals surface area contributed by atoms with Gasteiger partial charge in [-0.15, -0.1) is 0 Å². The maximum absolute atomic E-state index is 13.1. The summed E-state index contributed by atoms with van der Waals surface area (Å²) in [7, 11) is 0. The SMILES string of the molecule is CC(C)CC(CNC(=O)c1ccc(F)cc1Br)N1CCOCC1. The highest BCUT2D eigenvalue weighted by Crippen LogP contribution is 2.18. The molecule has 0 radical (unpaired) electrons. The van der Waals surface area contributed by atoms with E-state index in [-0.39, 0.29) is 11.7 Å². The molecule has 6 heteroatoms. The van der Waals surface area contributed by atoms with Crippen molar-refractivity contribution in [1.29, 1.82) is 0 Å². The van der Waals surface area contributed by atoms with Crippen LogP contribution in [0.15, 0.2) is 22.7 Å². The van der Waals surface area contributed by atoms with E-state index in [0.717, 1.165) is 32.7 Å². The van der Waals surface area contributed by atoms with Crippen LogP contribution in [0.5, 0.6) is 0 Å². The Morgan fingerprint density at radius 1 is 1.39 bits per heavy atom. The standard InChI is InChI=1S/C17H24BrFN2O2/c1-12(2)9-14(21-5-7-23-8-6-21)11-20-17(22)15-4-3-13(19)10-16(15)18/h3-4,10,12,14H,5-9,11H2,1-2H3,(H,20,22). The fraction of sp³-hybridized carbons (Fsp3) is 0.588. The van der Waals surface area contributed by atoms with Gasteiger partial charge in [-0.05, 0) is 46.5 Å². The summed E-state index contributed by atoms with van der Waals surface area (Å²) in [5.74, 6) is 0.00983. The van der Waals surface area contributed by atoms with Crippen molar-refractivity contribution in [3.05, 3.63) is 34.1 Å². The number of benzene rings is 1. The molecular formula is C17H24BrFN2O2. The molecule has 1 amide bonds. The molecule has 1 saturated heterocycles. The number of carbonyl (C=O) groups excluding carboxylic acids is 1. The van der Waals surface area contributed by atoms with Gasteiger partial charge in [-0.2, -0.15) is 0 Å². The number of halogens is 2. The van der Waals surface area contributed by atoms with Crippen molar-refractivity contribution in [2.24, 2.45) is 5.92 Å². The fourth-order valence-electron chi connectivity index (χ4n) is 2.83. The average Bonchev–Trinajstić information content (AvgIpc) is 2.51. The zero-order valence-corrected chi connectivity index (χ0v) is 15.2. The molecule has 1 unspecified atom stereocenters. The molecule has 1 aromatic carbocycles. The Labute approximate surface area is 145 Å². The third kappa shape index (κ3) is 5.55. The Balaban J connectivity index is 1.97. The molecule has 2 rings (SSSR count). The number of nitrogens with one attached hydrogen (secondary N) is 1. The van der Waals surface area contributed by atoms with Gasteiger partial charge in [0, 0.05) is 30.1 Å². The normalized spacial score (nSPS) is 17.3. The first-order valence-corrected chi connectivity index (χ1v) is 8.81. The van der Waals surface area contributed by atoms with E-state index in [0.29, 0.717) is 28.5 Å². The van der Waals surface area contributed by atoms with Crippen molar-refractivity contribution in [2.75, 3.05) is 32.8 Å². The maximum Gasteiger partial charge on any atom is 0.252 e. The van der Waals surface area contributed by atoms with Crippen molar-refractivity contribution in [1.82, 2.24) is 10.2 Å². The number of morpholine rings is 1. The first-order chi connectivity index (χ1) is 11.0. The van der Waals surface area contributed by atoms with E-state index in [9.17, 15) is 9.18 Å². The molecule has 0 bridgehead atoms. The molecule has 1 aliphatic rings. The molecular weight excluding hydrogens is 363 g/mol. The van der Waals surface area contributed by atoms with Crippen molar-refractivity contribution >= 4 is 21.8 Å². The van der Waals surface area contributed by atoms with Crippen LogP contribution in [0.3, 0.4) is 0 Å². The molecule has 0 spiro atoms. The summed E-state index contributed by atoms with van der Waals surface area (Å²) < 4.78 is 19.0. The van der Waals surface area contributed by atoms with E-state index in [1.165, 1.54) is 18.2 Å². The smallest absolute Gasteiger partial charge is 0.252 e. The lowest BCUT2D eigenvalue weighted by molar-refractivity contribution is 0.0124. The Kier molecular flexibility index (Phi) is 6.99. The van der Waals surface area contributed by atoms with Gasteiger partial charge in [0.15, 0.2) is 0 Å². The summed E-state index contributed by atoms with van der Waals surface area (Å²) in [6, 6.07) is 4.40. The third-order valence-electron chi connectivity index (χ3n) is 3.98. The Morgan fingerprint density at radius 3 is 2.70 bits per heavy atom. The lowest BCUT2D eigenvalue weighted by Gasteiger charge is -2.35. The topological polar surface area (TPSA) is 41.6 Å². The molecule has 0 aliphatic carbocycles. The summed E-state index contributed by atoms with van der Waals surface area (Å²) in [4.78, 5) is 14.7. The second kappa shape index (κ2) is 8.76. The van der Waals surface area contributed by atoms with Crippen molar-refractivity contribution < 1.29 is 13.9 Å². The zero-order chi connectivity index (χ0) is 16.8. The second-order valence-corrected chi connectivity index (χ2v) is 7.12. The molecule has 0 saturated carbocycles. The van der Waals surface area contributed by atoms with Crippen LogP contribution < -0.4 is 5.32 Å². The number of carbonyl (C=O) groups is 1. The molecule has 1 aliphatic heterocycles. The van der Waals surface area contributed by atoms with Crippen molar-refractivity contribution in [3.8, 4) is 0 Å². The summed E-state index contributed by atoms with van der Waals surface area (Å²) in [5.41, 5.74) is 0.455. The van der Waals surface area contributed by atoms with Gasteiger partial charge in [-0.25, -0.2) is 4.39 Å². The minimum Gasteiger partial charge on any atom is -0.379 e. The number of hydrogen-bond acceptors (Lipinski definition) is 3. The largest absolute Gasteiger partial charge is 0.379 e. The number of amides is 1. The number of nitrogens with zero attached hydrogens (tertiary/aromatic N) is 1. The number of ether oxygens (including phenoxy) is 1. The van der Waals surface area contributed by atoms with Crippen LogP contribution in [-0.2, 0) is 4.74 Å². The van der Waals surface area contributed by atoms with Gasteiger partial charge in [0.1, 0.15) is 5.82 Å². The molecule has 1 fully saturated rings. The lowest BCUT2D eigenvalue weighted by Crippen LogP contribution is -2.49. The Hall–Kier alpha value is -0.980. The highest BCUT2D eigenvalue weighted by molar-refractivity contribution is 9.10. The van der Waals surface area contributed by atoms with Crippen LogP contribution in [0.1, 0.15) is 30.6 Å². The first-order valence-electron chi connectivity index (χ1n) is 8.02. The van der Waals surface area contributed by atoms with Crippen molar-refractivity contribution in [2.45, 2.75) is 26.3 Å². The molecule has 4 nitrogen and oxygen atoms in total. The van der Waals surface area contributed by atoms with Crippen LogP contribution in [0.25, 0.3) is 0 Å². The highest BCUT2D eigenvalue weighted by Gasteiger charge is 2.23. The molecule has 128 valence electrons. The summed E-state index contributed by atoms with van der Waals surface area (Å²) in [6.07, 6.45) is 1.02. The van der Waals surface area contributed by atoms with E-state index in [4.69, 9.17) is 4.74 Å². The summed E-state index contributed by atoms with van der Waals surface area (Å²) in [6.45, 7) is 8.23. The minimum atomic E-state index is -0.362. The second-order valence-electron chi connectivity index (χ2n) is 6.27. The van der Waals surface area contributed by atoms with E-state index in [1.807, 2.05) is 0 Å². The van der Waals surface area contributed by atoms with Gasteiger partial charge in [-0.1, -0.05) is 13.8 Å². The van der Waals surface area contributed by atoms with Crippen LogP contribution in [0, 0.1) is 11.7 Å². The van der Waals surface area contributed by atoms with Crippen LogP contribution in [-0.4, -0.2) is 49.7 Å². The summed E-state index contributed by atoms with van der Waals surface area (Å²) >= 11 is 3.24. The fourth-order valence-corrected chi connectivity index (χ4v) is 3.36. The monoisotopic (exact) mass is 386 g/mol. The first kappa shape index (κ1) is 18.4. The Morgan fingerprint density at radius 2 is 2.09 bits per heavy atom. The Bertz CT molecular complexity index is 533. The maximum atomic E-state index is 13.1. The van der Waals surface area contributed by atoms with Gasteiger partial charge in [0.25, 0.3) is 5.91 Å². The minimum absolute atomic E-state index is 0.182. The molecule has 23 heavy (non-hydrogen) atoms. The molecule has 1 aromatic rings. The number of hydrogen-bond donors (Lipinski definition) is 1.